The van der Waals surface area contributed by atoms with Crippen LogP contribution in [0, 0.1) is 5.92 Å². The second-order valence-corrected chi connectivity index (χ2v) is 10.8. The summed E-state index contributed by atoms with van der Waals surface area (Å²) in [6.45, 7) is 1.02. The number of hydrogen-bond acceptors (Lipinski definition) is 4. The van der Waals surface area contributed by atoms with Crippen LogP contribution in [0.5, 0.6) is 0 Å². The molecule has 3 heterocycles. The number of aromatic nitrogens is 1. The van der Waals surface area contributed by atoms with E-state index in [0.29, 0.717) is 18.1 Å². The van der Waals surface area contributed by atoms with Gasteiger partial charge >= 0.3 is 0 Å². The van der Waals surface area contributed by atoms with Crippen LogP contribution in [0.15, 0.2) is 59.4 Å². The minimum Gasteiger partial charge on any atom is -0.256 e. The number of rotatable bonds is 3. The van der Waals surface area contributed by atoms with Crippen LogP contribution in [-0.4, -0.2) is 49.6 Å². The minimum absolute atomic E-state index is 0.194. The molecular formula is C25H24ClN4O2S+. The zero-order valence-corrected chi connectivity index (χ0v) is 19.8. The van der Waals surface area contributed by atoms with Gasteiger partial charge in [0.1, 0.15) is 6.21 Å². The summed E-state index contributed by atoms with van der Waals surface area (Å²) in [7, 11) is -3.19. The van der Waals surface area contributed by atoms with Crippen molar-refractivity contribution in [3.05, 3.63) is 81.1 Å². The Kier molecular flexibility index (Phi) is 5.86. The van der Waals surface area contributed by atoms with E-state index in [1.807, 2.05) is 36.7 Å². The Labute approximate surface area is 198 Å². The first-order chi connectivity index (χ1) is 15.9. The van der Waals surface area contributed by atoms with Crippen LogP contribution in [-0.2, 0) is 10.0 Å². The van der Waals surface area contributed by atoms with Crippen molar-refractivity contribution in [3.8, 4) is 0 Å². The number of hydrogen-bond donors (Lipinski definition) is 1. The standard InChI is InChI=1S/C25H23ClN4O2S/c1-33(31,32)30-11-8-17(9-12-30)24-22-7-5-20(26)14-19(22)13-18(4-6-21-15-27-16-29-21)23-3-2-10-28-25(23)24/h2-7,10,13-17H,8-9,11-12H2,1H3/p+1/b18-4+,21-6-. The normalized spacial score (nSPS) is 21.2. The Morgan fingerprint density at radius 1 is 1.18 bits per heavy atom. The molecule has 6 nitrogen and oxygen atoms in total. The van der Waals surface area contributed by atoms with E-state index in [1.54, 1.807) is 10.6 Å². The quantitative estimate of drug-likeness (QED) is 0.709. The highest BCUT2D eigenvalue weighted by molar-refractivity contribution is 7.88. The van der Waals surface area contributed by atoms with Crippen molar-refractivity contribution in [1.29, 1.82) is 0 Å². The molecule has 2 aromatic rings. The highest BCUT2D eigenvalue weighted by atomic mass is 35.5. The number of benzene rings is 1. The highest BCUT2D eigenvalue weighted by Crippen LogP contribution is 2.34. The summed E-state index contributed by atoms with van der Waals surface area (Å²) in [6.07, 6.45) is 14.3. The number of pyridine rings is 1. The van der Waals surface area contributed by atoms with Gasteiger partial charge < -0.3 is 0 Å². The first kappa shape index (κ1) is 21.9. The third-order valence-electron chi connectivity index (χ3n) is 6.27. The van der Waals surface area contributed by atoms with Gasteiger partial charge in [-0.15, -0.1) is 0 Å². The molecule has 1 aromatic carbocycles. The van der Waals surface area contributed by atoms with E-state index in [9.17, 15) is 8.42 Å². The molecule has 5 rings (SSSR count). The van der Waals surface area contributed by atoms with Gasteiger partial charge in [-0.1, -0.05) is 23.7 Å². The Bertz CT molecular complexity index is 1450. The van der Waals surface area contributed by atoms with E-state index in [-0.39, 0.29) is 5.92 Å². The molecule has 1 aliphatic carbocycles. The molecule has 8 heteroatoms. The fraction of sp³-hybridized carbons (Fsp3) is 0.240. The fourth-order valence-corrected chi connectivity index (χ4v) is 5.74. The molecule has 168 valence electrons. The first-order valence-corrected chi connectivity index (χ1v) is 13.1. The number of fused-ring (bicyclic) bond motifs is 2. The molecule has 3 aliphatic rings. The van der Waals surface area contributed by atoms with Crippen molar-refractivity contribution in [2.75, 3.05) is 19.3 Å². The fourth-order valence-electron chi connectivity index (χ4n) is 4.69. The number of piperidine rings is 1. The zero-order valence-electron chi connectivity index (χ0n) is 18.2. The van der Waals surface area contributed by atoms with Crippen molar-refractivity contribution < 1.29 is 13.4 Å². The van der Waals surface area contributed by atoms with E-state index in [0.717, 1.165) is 51.4 Å². The highest BCUT2D eigenvalue weighted by Gasteiger charge is 2.30. The van der Waals surface area contributed by atoms with Crippen LogP contribution >= 0.6 is 11.6 Å². The predicted molar refractivity (Wildman–Crippen MR) is 133 cm³/mol. The largest absolute Gasteiger partial charge is 0.284 e. The van der Waals surface area contributed by atoms with Crippen LogP contribution in [0.2, 0.25) is 5.02 Å². The molecular weight excluding hydrogens is 456 g/mol. The zero-order chi connectivity index (χ0) is 23.0. The smallest absolute Gasteiger partial charge is 0.256 e. The molecule has 33 heavy (non-hydrogen) atoms. The number of sulfonamides is 1. The van der Waals surface area contributed by atoms with Crippen LogP contribution in [0.25, 0.3) is 17.2 Å². The lowest BCUT2D eigenvalue weighted by atomic mass is 9.84. The number of halogens is 1. The minimum atomic E-state index is -3.19. The monoisotopic (exact) mass is 479 g/mol. The van der Waals surface area contributed by atoms with Gasteiger partial charge in [-0.25, -0.2) is 17.7 Å². The molecule has 1 aromatic heterocycles. The predicted octanol–water partition coefficient (Wildman–Crippen LogP) is 0.860. The van der Waals surface area contributed by atoms with Gasteiger partial charge in [0.05, 0.1) is 11.9 Å². The van der Waals surface area contributed by atoms with Gasteiger partial charge in [0.25, 0.3) is 6.34 Å². The van der Waals surface area contributed by atoms with Gasteiger partial charge in [-0.3, -0.25) is 4.98 Å². The van der Waals surface area contributed by atoms with E-state index >= 15 is 0 Å². The maximum absolute atomic E-state index is 12.0. The van der Waals surface area contributed by atoms with Crippen LogP contribution in [0.1, 0.15) is 24.1 Å². The average Bonchev–Trinajstić information content (AvgIpc) is 3.27. The van der Waals surface area contributed by atoms with Gasteiger partial charge in [0.2, 0.25) is 15.7 Å². The van der Waals surface area contributed by atoms with Crippen LogP contribution < -0.4 is 15.4 Å². The van der Waals surface area contributed by atoms with Gasteiger partial charge in [0.15, 0.2) is 0 Å². The molecule has 1 fully saturated rings. The lowest BCUT2D eigenvalue weighted by molar-refractivity contribution is -0.292. The van der Waals surface area contributed by atoms with Gasteiger partial charge in [-0.2, -0.15) is 0 Å². The molecule has 1 saturated heterocycles. The lowest BCUT2D eigenvalue weighted by Gasteiger charge is -2.32. The second kappa shape index (κ2) is 8.82. The summed E-state index contributed by atoms with van der Waals surface area (Å²) in [6, 6.07) is 9.99. The van der Waals surface area contributed by atoms with Crippen LogP contribution in [0.3, 0.4) is 0 Å². The molecule has 1 N–H and O–H groups in total. The summed E-state index contributed by atoms with van der Waals surface area (Å²) >= 11 is 6.39. The average molecular weight is 480 g/mol. The topological polar surface area (TPSA) is 76.6 Å². The summed E-state index contributed by atoms with van der Waals surface area (Å²) in [5.74, 6) is 0.194. The molecule has 0 spiro atoms. The number of nitrogens with one attached hydrogen (secondary N) is 1. The van der Waals surface area contributed by atoms with Crippen LogP contribution in [0.4, 0.5) is 0 Å². The summed E-state index contributed by atoms with van der Waals surface area (Å²) in [5.41, 5.74) is 5.00. The molecule has 0 atom stereocenters. The van der Waals surface area contributed by atoms with E-state index in [1.165, 1.54) is 6.26 Å². The van der Waals surface area contributed by atoms with Crippen molar-refractivity contribution in [2.45, 2.75) is 12.8 Å². The summed E-state index contributed by atoms with van der Waals surface area (Å²) < 4.78 is 25.6. The lowest BCUT2D eigenvalue weighted by Crippen LogP contribution is -2.64. The van der Waals surface area contributed by atoms with E-state index in [4.69, 9.17) is 16.6 Å². The number of allylic oxidation sites excluding steroid dienone is 4. The molecule has 0 amide bonds. The van der Waals surface area contributed by atoms with Crippen molar-refractivity contribution in [2.24, 2.45) is 10.9 Å². The van der Waals surface area contributed by atoms with E-state index in [2.05, 4.69) is 34.3 Å². The molecule has 0 unspecified atom stereocenters. The number of nitrogens with zero attached hydrogens (tertiary/aromatic N) is 3. The molecule has 0 saturated carbocycles. The van der Waals surface area contributed by atoms with Crippen molar-refractivity contribution in [1.82, 2.24) is 9.29 Å². The van der Waals surface area contributed by atoms with Crippen molar-refractivity contribution in [3.63, 3.8) is 0 Å². The number of aliphatic imine (C=N–C) groups is 1. The summed E-state index contributed by atoms with van der Waals surface area (Å²) in [4.78, 5) is 12.1. The Balaban J connectivity index is 1.68. The SMILES string of the molecule is CS(=O)(=O)N1CCC(C2=c3ccc(Cl)cc3=C/C(=C\C=C3\C=[NH+]C=N3)c3cccnc32)CC1. The molecule has 0 bridgehead atoms. The Morgan fingerprint density at radius 2 is 2.00 bits per heavy atom. The Hall–Kier alpha value is -2.87. The molecule has 0 radical (unpaired) electrons. The first-order valence-electron chi connectivity index (χ1n) is 10.9. The second-order valence-electron chi connectivity index (χ2n) is 8.41. The molecule has 2 aliphatic heterocycles. The van der Waals surface area contributed by atoms with Crippen molar-refractivity contribution >= 4 is 51.4 Å². The maximum atomic E-state index is 12.0. The third kappa shape index (κ3) is 4.49. The third-order valence-corrected chi connectivity index (χ3v) is 7.81. The van der Waals surface area contributed by atoms with Gasteiger partial charge in [-0.05, 0) is 81.8 Å². The summed E-state index contributed by atoms with van der Waals surface area (Å²) in [5, 5.41) is 2.80. The van der Waals surface area contributed by atoms with Gasteiger partial charge in [0, 0.05) is 29.9 Å². The maximum Gasteiger partial charge on any atom is 0.284 e. The Morgan fingerprint density at radius 3 is 2.73 bits per heavy atom. The van der Waals surface area contributed by atoms with E-state index < -0.39 is 10.0 Å².